The fraction of sp³-hybridized carbons (Fsp3) is 0.357. The number of ether oxygens (including phenoxy) is 1. The lowest BCUT2D eigenvalue weighted by Crippen LogP contribution is -2.27. The second kappa shape index (κ2) is 4.84. The summed E-state index contributed by atoms with van der Waals surface area (Å²) in [6, 6.07) is 5.45. The number of hydrogen-bond donors (Lipinski definition) is 1. The molecule has 5 nitrogen and oxygen atoms in total. The van der Waals surface area contributed by atoms with E-state index in [9.17, 15) is 4.79 Å². The van der Waals surface area contributed by atoms with E-state index in [0.29, 0.717) is 11.2 Å². The summed E-state index contributed by atoms with van der Waals surface area (Å²) in [5.41, 5.74) is 2.28. The van der Waals surface area contributed by atoms with Gasteiger partial charge in [-0.25, -0.2) is 4.79 Å². The van der Waals surface area contributed by atoms with Gasteiger partial charge in [0.25, 0.3) is 0 Å². The minimum atomic E-state index is -0.532. The van der Waals surface area contributed by atoms with Crippen LogP contribution in [0.3, 0.4) is 0 Å². The monoisotopic (exact) mass is 259 g/mol. The molecule has 0 saturated heterocycles. The molecule has 0 unspecified atom stereocenters. The maximum atomic E-state index is 11.8. The van der Waals surface area contributed by atoms with Crippen LogP contribution < -0.4 is 5.32 Å². The zero-order valence-electron chi connectivity index (χ0n) is 11.5. The normalized spacial score (nSPS) is 11.4. The van der Waals surface area contributed by atoms with Gasteiger partial charge < -0.3 is 4.74 Å². The first-order valence-electron chi connectivity index (χ1n) is 6.07. The van der Waals surface area contributed by atoms with Crippen LogP contribution in [0.1, 0.15) is 26.5 Å². The lowest BCUT2D eigenvalue weighted by atomic mass is 10.2. The molecule has 2 heterocycles. The molecule has 19 heavy (non-hydrogen) atoms. The van der Waals surface area contributed by atoms with Gasteiger partial charge in [-0.2, -0.15) is 0 Å². The Bertz CT molecular complexity index is 618. The Balaban J connectivity index is 2.32. The van der Waals surface area contributed by atoms with Crippen LogP contribution in [-0.2, 0) is 4.74 Å². The Labute approximate surface area is 112 Å². The van der Waals surface area contributed by atoms with E-state index in [1.54, 1.807) is 12.3 Å². The van der Waals surface area contributed by atoms with Gasteiger partial charge in [0.15, 0.2) is 0 Å². The molecule has 0 aromatic carbocycles. The highest BCUT2D eigenvalue weighted by molar-refractivity contribution is 5.96. The van der Waals surface area contributed by atoms with Crippen molar-refractivity contribution in [1.29, 1.82) is 0 Å². The Hall–Kier alpha value is -2.17. The maximum Gasteiger partial charge on any atom is 0.412 e. The van der Waals surface area contributed by atoms with Gasteiger partial charge in [0, 0.05) is 11.9 Å². The molecule has 0 bridgehead atoms. The van der Waals surface area contributed by atoms with E-state index < -0.39 is 11.7 Å². The standard InChI is InChI=1S/C14H17N3O2/c1-9-8-11(17-13(18)19-14(2,3)4)12-10(16-9)6-5-7-15-12/h5-8H,1-4H3,(H,16,17,18). The molecular weight excluding hydrogens is 242 g/mol. The Morgan fingerprint density at radius 3 is 2.79 bits per heavy atom. The molecule has 2 aromatic rings. The Morgan fingerprint density at radius 1 is 1.37 bits per heavy atom. The highest BCUT2D eigenvalue weighted by Gasteiger charge is 2.17. The molecule has 0 spiro atoms. The number of nitrogens with one attached hydrogen (secondary N) is 1. The van der Waals surface area contributed by atoms with Crippen molar-refractivity contribution in [3.63, 3.8) is 0 Å². The first-order valence-corrected chi connectivity index (χ1v) is 6.07. The second-order valence-corrected chi connectivity index (χ2v) is 5.31. The van der Waals surface area contributed by atoms with Crippen LogP contribution >= 0.6 is 0 Å². The summed E-state index contributed by atoms with van der Waals surface area (Å²) in [6.45, 7) is 7.33. The number of carbonyl (C=O) groups is 1. The van der Waals surface area contributed by atoms with Crippen molar-refractivity contribution in [2.24, 2.45) is 0 Å². The van der Waals surface area contributed by atoms with Crippen LogP contribution in [0, 0.1) is 6.92 Å². The maximum absolute atomic E-state index is 11.8. The van der Waals surface area contributed by atoms with Crippen LogP contribution in [-0.4, -0.2) is 21.7 Å². The van der Waals surface area contributed by atoms with Crippen molar-refractivity contribution in [3.8, 4) is 0 Å². The van der Waals surface area contributed by atoms with Crippen molar-refractivity contribution in [2.45, 2.75) is 33.3 Å². The largest absolute Gasteiger partial charge is 0.444 e. The summed E-state index contributed by atoms with van der Waals surface area (Å²) in [5.74, 6) is 0. The van der Waals surface area contributed by atoms with Crippen molar-refractivity contribution in [3.05, 3.63) is 30.1 Å². The summed E-state index contributed by atoms with van der Waals surface area (Å²) in [6.07, 6.45) is 1.17. The lowest BCUT2D eigenvalue weighted by molar-refractivity contribution is 0.0636. The highest BCUT2D eigenvalue weighted by atomic mass is 16.6. The van der Waals surface area contributed by atoms with Gasteiger partial charge in [0.2, 0.25) is 0 Å². The van der Waals surface area contributed by atoms with E-state index in [-0.39, 0.29) is 0 Å². The molecule has 1 amide bonds. The summed E-state index contributed by atoms with van der Waals surface area (Å²) in [4.78, 5) is 20.4. The molecule has 2 rings (SSSR count). The van der Waals surface area contributed by atoms with Gasteiger partial charge in [-0.05, 0) is 45.9 Å². The van der Waals surface area contributed by atoms with E-state index in [1.807, 2.05) is 39.8 Å². The van der Waals surface area contributed by atoms with Crippen molar-refractivity contribution < 1.29 is 9.53 Å². The zero-order valence-corrected chi connectivity index (χ0v) is 11.5. The molecule has 1 N–H and O–H groups in total. The van der Waals surface area contributed by atoms with Crippen molar-refractivity contribution >= 4 is 22.8 Å². The predicted octanol–water partition coefficient (Wildman–Crippen LogP) is 3.29. The van der Waals surface area contributed by atoms with Gasteiger partial charge in [-0.3, -0.25) is 15.3 Å². The number of fused-ring (bicyclic) bond motifs is 1. The van der Waals surface area contributed by atoms with Gasteiger partial charge in [-0.1, -0.05) is 0 Å². The van der Waals surface area contributed by atoms with Gasteiger partial charge in [0.1, 0.15) is 11.1 Å². The molecule has 0 atom stereocenters. The average molecular weight is 259 g/mol. The predicted molar refractivity (Wildman–Crippen MR) is 74.1 cm³/mol. The quantitative estimate of drug-likeness (QED) is 0.853. The van der Waals surface area contributed by atoms with Crippen molar-refractivity contribution in [2.75, 3.05) is 5.32 Å². The van der Waals surface area contributed by atoms with Crippen LogP contribution in [0.15, 0.2) is 24.4 Å². The molecule has 0 radical (unpaired) electrons. The first kappa shape index (κ1) is 13.3. The van der Waals surface area contributed by atoms with E-state index in [1.165, 1.54) is 0 Å². The Kier molecular flexibility index (Phi) is 3.38. The summed E-state index contributed by atoms with van der Waals surface area (Å²) in [7, 11) is 0. The number of carbonyl (C=O) groups excluding carboxylic acids is 1. The van der Waals surface area contributed by atoms with Gasteiger partial charge in [-0.15, -0.1) is 0 Å². The molecular formula is C14H17N3O2. The number of rotatable bonds is 1. The second-order valence-electron chi connectivity index (χ2n) is 5.31. The third-order valence-electron chi connectivity index (χ3n) is 2.33. The molecule has 2 aromatic heterocycles. The fourth-order valence-electron chi connectivity index (χ4n) is 1.70. The molecule has 0 saturated carbocycles. The number of amides is 1. The smallest absolute Gasteiger partial charge is 0.412 e. The molecule has 5 heteroatoms. The molecule has 0 aliphatic carbocycles. The van der Waals surface area contributed by atoms with Crippen molar-refractivity contribution in [1.82, 2.24) is 9.97 Å². The van der Waals surface area contributed by atoms with Crippen LogP contribution in [0.2, 0.25) is 0 Å². The summed E-state index contributed by atoms with van der Waals surface area (Å²) in [5, 5.41) is 2.72. The van der Waals surface area contributed by atoms with Gasteiger partial charge >= 0.3 is 6.09 Å². The van der Waals surface area contributed by atoms with E-state index in [0.717, 1.165) is 11.2 Å². The van der Waals surface area contributed by atoms with Crippen LogP contribution in [0.25, 0.3) is 11.0 Å². The zero-order chi connectivity index (χ0) is 14.0. The average Bonchev–Trinajstić information content (AvgIpc) is 2.25. The third kappa shape index (κ3) is 3.40. The topological polar surface area (TPSA) is 64.1 Å². The number of aromatic nitrogens is 2. The number of nitrogens with zero attached hydrogens (tertiary/aromatic N) is 2. The number of hydrogen-bond acceptors (Lipinski definition) is 4. The number of aryl methyl sites for hydroxylation is 1. The van der Waals surface area contributed by atoms with E-state index in [4.69, 9.17) is 4.74 Å². The minimum Gasteiger partial charge on any atom is -0.444 e. The first-order chi connectivity index (χ1) is 8.85. The molecule has 0 fully saturated rings. The number of anilines is 1. The SMILES string of the molecule is Cc1cc(NC(=O)OC(C)(C)C)c2ncccc2n1. The van der Waals surface area contributed by atoms with Crippen LogP contribution in [0.4, 0.5) is 10.5 Å². The number of pyridine rings is 2. The van der Waals surface area contributed by atoms with Gasteiger partial charge in [0.05, 0.1) is 11.2 Å². The lowest BCUT2D eigenvalue weighted by Gasteiger charge is -2.20. The molecule has 0 aliphatic heterocycles. The molecule has 100 valence electrons. The fourth-order valence-corrected chi connectivity index (χ4v) is 1.70. The van der Waals surface area contributed by atoms with E-state index in [2.05, 4.69) is 15.3 Å². The van der Waals surface area contributed by atoms with E-state index >= 15 is 0 Å². The summed E-state index contributed by atoms with van der Waals surface area (Å²) < 4.78 is 5.23. The summed E-state index contributed by atoms with van der Waals surface area (Å²) >= 11 is 0. The molecule has 0 aliphatic rings. The highest BCUT2D eigenvalue weighted by Crippen LogP contribution is 2.21. The third-order valence-corrected chi connectivity index (χ3v) is 2.33. The minimum absolute atomic E-state index is 0.495. The Morgan fingerprint density at radius 2 is 2.11 bits per heavy atom. The van der Waals surface area contributed by atoms with Crippen LogP contribution in [0.5, 0.6) is 0 Å².